The van der Waals surface area contributed by atoms with E-state index in [1.54, 1.807) is 4.90 Å². The first-order valence-corrected chi connectivity index (χ1v) is 6.69. The van der Waals surface area contributed by atoms with Crippen molar-refractivity contribution < 1.29 is 14.7 Å². The van der Waals surface area contributed by atoms with Gasteiger partial charge in [0.05, 0.1) is 5.92 Å². The van der Waals surface area contributed by atoms with Crippen molar-refractivity contribution in [3.05, 3.63) is 0 Å². The van der Waals surface area contributed by atoms with Crippen molar-refractivity contribution in [1.82, 2.24) is 10.2 Å². The monoisotopic (exact) mass is 256 g/mol. The summed E-state index contributed by atoms with van der Waals surface area (Å²) in [5.41, 5.74) is 0. The van der Waals surface area contributed by atoms with E-state index in [1.807, 2.05) is 6.92 Å². The van der Waals surface area contributed by atoms with Gasteiger partial charge in [-0.1, -0.05) is 13.8 Å². The molecule has 2 unspecified atom stereocenters. The molecule has 5 nitrogen and oxygen atoms in total. The fourth-order valence-corrected chi connectivity index (χ4v) is 2.27. The summed E-state index contributed by atoms with van der Waals surface area (Å²) in [7, 11) is 0. The third-order valence-electron chi connectivity index (χ3n) is 3.48. The number of piperidine rings is 1. The van der Waals surface area contributed by atoms with Crippen LogP contribution in [0.5, 0.6) is 0 Å². The van der Waals surface area contributed by atoms with Crippen molar-refractivity contribution in [2.45, 2.75) is 46.1 Å². The maximum Gasteiger partial charge on any atom is 0.317 e. The molecule has 0 spiro atoms. The van der Waals surface area contributed by atoms with Crippen LogP contribution in [0, 0.1) is 11.8 Å². The van der Waals surface area contributed by atoms with Gasteiger partial charge in [0.2, 0.25) is 0 Å². The molecule has 0 aromatic heterocycles. The van der Waals surface area contributed by atoms with E-state index < -0.39 is 5.97 Å². The molecule has 0 bridgehead atoms. The summed E-state index contributed by atoms with van der Waals surface area (Å²) in [6, 6.07) is -0.0640. The van der Waals surface area contributed by atoms with E-state index in [0.29, 0.717) is 31.8 Å². The molecule has 1 rings (SSSR count). The Morgan fingerprint density at radius 1 is 1.44 bits per heavy atom. The normalized spacial score (nSPS) is 24.1. The van der Waals surface area contributed by atoms with Gasteiger partial charge >= 0.3 is 12.0 Å². The van der Waals surface area contributed by atoms with Crippen molar-refractivity contribution in [3.63, 3.8) is 0 Å². The summed E-state index contributed by atoms with van der Waals surface area (Å²) in [6.07, 6.45) is 2.07. The first-order chi connectivity index (χ1) is 8.41. The average molecular weight is 256 g/mol. The minimum absolute atomic E-state index is 0.00102. The molecule has 0 aliphatic carbocycles. The quantitative estimate of drug-likeness (QED) is 0.807. The minimum Gasteiger partial charge on any atom is -0.481 e. The molecule has 2 atom stereocenters. The molecule has 1 saturated heterocycles. The lowest BCUT2D eigenvalue weighted by Gasteiger charge is -2.36. The number of carbonyl (C=O) groups is 2. The van der Waals surface area contributed by atoms with Crippen molar-refractivity contribution in [2.75, 3.05) is 13.1 Å². The standard InChI is InChI=1S/C13H24N2O3/c1-9(2)4-6-14-13(18)15-7-5-11(12(16)17)8-10(15)3/h9-11H,4-8H2,1-3H3,(H,14,18)(H,16,17). The van der Waals surface area contributed by atoms with Crippen LogP contribution in [0.15, 0.2) is 0 Å². The van der Waals surface area contributed by atoms with Gasteiger partial charge in [-0.3, -0.25) is 4.79 Å². The third-order valence-corrected chi connectivity index (χ3v) is 3.48. The number of likely N-dealkylation sites (tertiary alicyclic amines) is 1. The second-order valence-electron chi connectivity index (χ2n) is 5.52. The van der Waals surface area contributed by atoms with Gasteiger partial charge in [0.1, 0.15) is 0 Å². The zero-order valence-electron chi connectivity index (χ0n) is 11.5. The van der Waals surface area contributed by atoms with E-state index in [0.717, 1.165) is 6.42 Å². The second kappa shape index (κ2) is 6.61. The van der Waals surface area contributed by atoms with Crippen molar-refractivity contribution in [1.29, 1.82) is 0 Å². The maximum atomic E-state index is 11.9. The number of urea groups is 1. The Labute approximate surface area is 109 Å². The molecule has 0 radical (unpaired) electrons. The Morgan fingerprint density at radius 2 is 2.11 bits per heavy atom. The van der Waals surface area contributed by atoms with Gasteiger partial charge in [-0.05, 0) is 32.1 Å². The van der Waals surface area contributed by atoms with Crippen LogP contribution in [0.2, 0.25) is 0 Å². The number of carboxylic acid groups (broad SMARTS) is 1. The second-order valence-corrected chi connectivity index (χ2v) is 5.52. The molecule has 5 heteroatoms. The largest absolute Gasteiger partial charge is 0.481 e. The van der Waals surface area contributed by atoms with Crippen LogP contribution >= 0.6 is 0 Å². The van der Waals surface area contributed by atoms with Crippen LogP contribution < -0.4 is 5.32 Å². The topological polar surface area (TPSA) is 69.6 Å². The SMILES string of the molecule is CC(C)CCNC(=O)N1CCC(C(=O)O)CC1C. The molecule has 0 saturated carbocycles. The maximum absolute atomic E-state index is 11.9. The van der Waals surface area contributed by atoms with Crippen molar-refractivity contribution in [3.8, 4) is 0 Å². The highest BCUT2D eigenvalue weighted by atomic mass is 16.4. The van der Waals surface area contributed by atoms with E-state index in [1.165, 1.54) is 0 Å². The molecule has 18 heavy (non-hydrogen) atoms. The number of nitrogens with zero attached hydrogens (tertiary/aromatic N) is 1. The van der Waals surface area contributed by atoms with Gasteiger partial charge in [0.25, 0.3) is 0 Å². The predicted octanol–water partition coefficient (Wildman–Crippen LogP) is 1.93. The minimum atomic E-state index is -0.748. The Hall–Kier alpha value is -1.26. The molecule has 0 aromatic rings. The fraction of sp³-hybridized carbons (Fsp3) is 0.846. The molecular formula is C13H24N2O3. The first-order valence-electron chi connectivity index (χ1n) is 6.69. The van der Waals surface area contributed by atoms with Crippen molar-refractivity contribution in [2.24, 2.45) is 11.8 Å². The van der Waals surface area contributed by atoms with Crippen LogP contribution in [0.4, 0.5) is 4.79 Å². The van der Waals surface area contributed by atoms with Gasteiger partial charge in [-0.25, -0.2) is 4.79 Å². The number of rotatable bonds is 4. The number of carbonyl (C=O) groups excluding carboxylic acids is 1. The summed E-state index contributed by atoms with van der Waals surface area (Å²) in [4.78, 5) is 24.6. The number of hydrogen-bond donors (Lipinski definition) is 2. The number of aliphatic carboxylic acids is 1. The molecule has 1 aliphatic heterocycles. The van der Waals surface area contributed by atoms with E-state index in [-0.39, 0.29) is 18.0 Å². The average Bonchev–Trinajstić information content (AvgIpc) is 2.27. The third kappa shape index (κ3) is 4.20. The smallest absolute Gasteiger partial charge is 0.317 e. The Kier molecular flexibility index (Phi) is 5.44. The Morgan fingerprint density at radius 3 is 2.61 bits per heavy atom. The first kappa shape index (κ1) is 14.8. The molecule has 2 N–H and O–H groups in total. The Bertz CT molecular complexity index is 305. The molecule has 1 aliphatic rings. The highest BCUT2D eigenvalue weighted by Gasteiger charge is 2.31. The van der Waals surface area contributed by atoms with Crippen LogP contribution in [0.25, 0.3) is 0 Å². The molecule has 1 fully saturated rings. The highest BCUT2D eigenvalue weighted by Crippen LogP contribution is 2.22. The predicted molar refractivity (Wildman–Crippen MR) is 69.4 cm³/mol. The fourth-order valence-electron chi connectivity index (χ4n) is 2.27. The lowest BCUT2D eigenvalue weighted by molar-refractivity contribution is -0.143. The number of carboxylic acids is 1. The number of amides is 2. The van der Waals surface area contributed by atoms with Crippen LogP contribution in [0.3, 0.4) is 0 Å². The van der Waals surface area contributed by atoms with Gasteiger partial charge in [0.15, 0.2) is 0 Å². The van der Waals surface area contributed by atoms with Crippen LogP contribution in [0.1, 0.15) is 40.0 Å². The molecule has 1 heterocycles. The lowest BCUT2D eigenvalue weighted by atomic mass is 9.92. The van der Waals surface area contributed by atoms with E-state index in [4.69, 9.17) is 5.11 Å². The number of nitrogens with one attached hydrogen (secondary N) is 1. The van der Waals surface area contributed by atoms with Gasteiger partial charge in [-0.2, -0.15) is 0 Å². The van der Waals surface area contributed by atoms with E-state index >= 15 is 0 Å². The van der Waals surface area contributed by atoms with E-state index in [9.17, 15) is 9.59 Å². The summed E-state index contributed by atoms with van der Waals surface area (Å²) in [5.74, 6) is -0.484. The zero-order valence-corrected chi connectivity index (χ0v) is 11.5. The van der Waals surface area contributed by atoms with Crippen molar-refractivity contribution >= 4 is 12.0 Å². The van der Waals surface area contributed by atoms with E-state index in [2.05, 4.69) is 19.2 Å². The zero-order chi connectivity index (χ0) is 13.7. The van der Waals surface area contributed by atoms with Crippen LogP contribution in [-0.2, 0) is 4.79 Å². The highest BCUT2D eigenvalue weighted by molar-refractivity contribution is 5.75. The molecular weight excluding hydrogens is 232 g/mol. The summed E-state index contributed by atoms with van der Waals surface area (Å²) < 4.78 is 0. The van der Waals surface area contributed by atoms with Gasteiger partial charge < -0.3 is 15.3 Å². The Balaban J connectivity index is 2.38. The summed E-state index contributed by atoms with van der Waals surface area (Å²) >= 11 is 0. The summed E-state index contributed by atoms with van der Waals surface area (Å²) in [6.45, 7) is 7.37. The summed E-state index contributed by atoms with van der Waals surface area (Å²) in [5, 5.41) is 11.9. The number of hydrogen-bond acceptors (Lipinski definition) is 2. The molecule has 2 amide bonds. The molecule has 0 aromatic carbocycles. The van der Waals surface area contributed by atoms with Crippen LogP contribution in [-0.4, -0.2) is 41.1 Å². The van der Waals surface area contributed by atoms with Gasteiger partial charge in [-0.15, -0.1) is 0 Å². The lowest BCUT2D eigenvalue weighted by Crippen LogP contribution is -2.50. The molecule has 104 valence electrons. The van der Waals surface area contributed by atoms with Gasteiger partial charge in [0, 0.05) is 19.1 Å².